The highest BCUT2D eigenvalue weighted by Gasteiger charge is 2.42. The Morgan fingerprint density at radius 2 is 1.68 bits per heavy atom. The number of tetrazole rings is 1. The van der Waals surface area contributed by atoms with Gasteiger partial charge in [-0.3, -0.25) is 9.88 Å². The van der Waals surface area contributed by atoms with Gasteiger partial charge in [0.05, 0.1) is 42.2 Å². The molecule has 0 spiro atoms. The third kappa shape index (κ3) is 6.22. The summed E-state index contributed by atoms with van der Waals surface area (Å²) in [7, 11) is 1.49. The molecule has 0 radical (unpaired) electrons. The average molecular weight is 586 g/mol. The molecule has 222 valence electrons. The number of rotatable bonds is 6. The molecule has 1 aromatic carbocycles. The average Bonchev–Trinajstić information content (AvgIpc) is 3.31. The van der Waals surface area contributed by atoms with Crippen LogP contribution in [0.4, 0.5) is 42.8 Å². The molecule has 2 aromatic heterocycles. The number of carbonyl (C=O) groups is 1. The first-order valence-electron chi connectivity index (χ1n) is 12.9. The zero-order valence-electron chi connectivity index (χ0n) is 23.0. The third-order valence-electron chi connectivity index (χ3n) is 6.85. The molecule has 0 fully saturated rings. The summed E-state index contributed by atoms with van der Waals surface area (Å²) in [5.74, 6) is 0.000904. The zero-order chi connectivity index (χ0) is 30.3. The Bertz CT molecular complexity index is 1390. The summed E-state index contributed by atoms with van der Waals surface area (Å²) in [4.78, 5) is 21.8. The minimum absolute atomic E-state index is 0.000904. The van der Waals surface area contributed by atoms with Crippen LogP contribution in [0.3, 0.4) is 0 Å². The van der Waals surface area contributed by atoms with E-state index in [2.05, 4.69) is 20.4 Å². The summed E-state index contributed by atoms with van der Waals surface area (Å²) >= 11 is 0. The lowest BCUT2D eigenvalue weighted by Crippen LogP contribution is -2.48. The second kappa shape index (κ2) is 11.2. The fraction of sp³-hybridized carbons (Fsp3) is 0.500. The molecule has 2 unspecified atom stereocenters. The van der Waals surface area contributed by atoms with E-state index in [1.165, 1.54) is 16.8 Å². The quantitative estimate of drug-likeness (QED) is 0.321. The van der Waals surface area contributed by atoms with Crippen molar-refractivity contribution in [3.05, 3.63) is 57.9 Å². The van der Waals surface area contributed by atoms with Gasteiger partial charge in [-0.1, -0.05) is 12.0 Å². The van der Waals surface area contributed by atoms with Crippen LogP contribution in [0.25, 0.3) is 0 Å². The molecule has 0 bridgehead atoms. The van der Waals surface area contributed by atoms with Gasteiger partial charge in [-0.25, -0.2) is 4.79 Å². The molecular formula is C26H29F6N7O2. The van der Waals surface area contributed by atoms with E-state index in [0.717, 1.165) is 4.80 Å². The summed E-state index contributed by atoms with van der Waals surface area (Å²) in [6.45, 7) is 6.75. The number of ether oxygens (including phenoxy) is 1. The highest BCUT2D eigenvalue weighted by Crippen LogP contribution is 2.45. The maximum Gasteiger partial charge on any atom is 0.416 e. The minimum Gasteiger partial charge on any atom is -0.449 e. The first-order chi connectivity index (χ1) is 19.1. The lowest BCUT2D eigenvalue weighted by atomic mass is 9.88. The van der Waals surface area contributed by atoms with Crippen LogP contribution in [0, 0.1) is 13.8 Å². The normalized spacial score (nSPS) is 17.4. The number of carbonyl (C=O) groups excluding carboxylic acids is 1. The molecule has 4 rings (SSSR count). The number of pyridine rings is 1. The number of aryl methyl sites for hydroxylation is 3. The molecule has 1 aliphatic rings. The standard InChI is InChI=1S/C26H29F6N7O2/c1-6-19-12-21(20-8-14(3)33-15(4)22(20)39(19)24(40)41-7-2)38(23-34-36-37(5)35-23)13-16-9-17(25(27,28)29)11-18(10-16)26(30,31)32/h8-11,19,21H,6-7,12-13H2,1-5H3. The van der Waals surface area contributed by atoms with Crippen LogP contribution in [0.2, 0.25) is 0 Å². The number of hydrogen-bond acceptors (Lipinski definition) is 7. The predicted octanol–water partition coefficient (Wildman–Crippen LogP) is 6.15. The minimum atomic E-state index is -5.00. The van der Waals surface area contributed by atoms with Gasteiger partial charge in [-0.2, -0.15) is 31.1 Å². The Morgan fingerprint density at radius 1 is 1.05 bits per heavy atom. The van der Waals surface area contributed by atoms with Crippen LogP contribution in [-0.4, -0.2) is 43.9 Å². The van der Waals surface area contributed by atoms with Gasteiger partial charge >= 0.3 is 18.4 Å². The number of anilines is 2. The molecule has 41 heavy (non-hydrogen) atoms. The highest BCUT2D eigenvalue weighted by atomic mass is 19.4. The van der Waals surface area contributed by atoms with Crippen molar-refractivity contribution in [2.24, 2.45) is 7.05 Å². The Morgan fingerprint density at radius 3 is 2.20 bits per heavy atom. The molecule has 3 heterocycles. The van der Waals surface area contributed by atoms with E-state index in [0.29, 0.717) is 41.2 Å². The van der Waals surface area contributed by atoms with Crippen molar-refractivity contribution in [2.75, 3.05) is 16.4 Å². The molecule has 9 nitrogen and oxygen atoms in total. The Kier molecular flexibility index (Phi) is 8.18. The van der Waals surface area contributed by atoms with E-state index in [1.807, 2.05) is 6.92 Å². The smallest absolute Gasteiger partial charge is 0.416 e. The van der Waals surface area contributed by atoms with Crippen LogP contribution in [0.5, 0.6) is 0 Å². The van der Waals surface area contributed by atoms with Gasteiger partial charge in [0.2, 0.25) is 0 Å². The molecule has 15 heteroatoms. The summed E-state index contributed by atoms with van der Waals surface area (Å²) in [6.07, 6.45) is -9.85. The van der Waals surface area contributed by atoms with E-state index in [1.54, 1.807) is 26.8 Å². The molecule has 1 amide bonds. The predicted molar refractivity (Wildman–Crippen MR) is 136 cm³/mol. The monoisotopic (exact) mass is 585 g/mol. The van der Waals surface area contributed by atoms with Gasteiger partial charge in [0.1, 0.15) is 0 Å². The maximum atomic E-state index is 13.6. The second-order valence-electron chi connectivity index (χ2n) is 9.79. The van der Waals surface area contributed by atoms with Gasteiger partial charge < -0.3 is 9.64 Å². The number of alkyl halides is 6. The van der Waals surface area contributed by atoms with Gasteiger partial charge in [0.25, 0.3) is 5.95 Å². The van der Waals surface area contributed by atoms with Crippen LogP contribution in [-0.2, 0) is 30.7 Å². The number of benzene rings is 1. The first kappa shape index (κ1) is 30.1. The van der Waals surface area contributed by atoms with Crippen molar-refractivity contribution in [1.29, 1.82) is 0 Å². The SMILES string of the molecule is CCOC(=O)N1c2c(cc(C)nc2C)C(N(Cc2cc(C(F)(F)F)cc(C(F)(F)F)c2)c2nnn(C)n2)CC1CC. The molecule has 3 aromatic rings. The van der Waals surface area contributed by atoms with Crippen LogP contribution < -0.4 is 9.80 Å². The van der Waals surface area contributed by atoms with Gasteiger partial charge in [-0.05, 0) is 68.7 Å². The Labute approximate surface area is 232 Å². The maximum absolute atomic E-state index is 13.6. The molecular weight excluding hydrogens is 556 g/mol. The highest BCUT2D eigenvalue weighted by molar-refractivity contribution is 5.91. The number of aromatic nitrogens is 5. The number of halogens is 6. The lowest BCUT2D eigenvalue weighted by Gasteiger charge is -2.44. The van der Waals surface area contributed by atoms with Crippen LogP contribution in [0.1, 0.15) is 66.4 Å². The van der Waals surface area contributed by atoms with Gasteiger partial charge in [0, 0.05) is 23.8 Å². The molecule has 2 atom stereocenters. The van der Waals surface area contributed by atoms with Gasteiger partial charge in [0.15, 0.2) is 0 Å². The van der Waals surface area contributed by atoms with Crippen LogP contribution in [0.15, 0.2) is 24.3 Å². The fourth-order valence-corrected chi connectivity index (χ4v) is 5.19. The first-order valence-corrected chi connectivity index (χ1v) is 12.9. The third-order valence-corrected chi connectivity index (χ3v) is 6.85. The Balaban J connectivity index is 1.91. The van der Waals surface area contributed by atoms with Crippen molar-refractivity contribution in [3.63, 3.8) is 0 Å². The molecule has 0 N–H and O–H groups in total. The van der Waals surface area contributed by atoms with E-state index in [-0.39, 0.29) is 30.6 Å². The zero-order valence-corrected chi connectivity index (χ0v) is 23.0. The van der Waals surface area contributed by atoms with Crippen molar-refractivity contribution < 1.29 is 35.9 Å². The topological polar surface area (TPSA) is 89.3 Å². The van der Waals surface area contributed by atoms with Gasteiger partial charge in [-0.15, -0.1) is 5.10 Å². The number of hydrogen-bond donors (Lipinski definition) is 0. The van der Waals surface area contributed by atoms with E-state index in [4.69, 9.17) is 4.74 Å². The molecule has 0 saturated heterocycles. The molecule has 0 saturated carbocycles. The summed E-state index contributed by atoms with van der Waals surface area (Å²) < 4.78 is 87.2. The van der Waals surface area contributed by atoms with E-state index >= 15 is 0 Å². The Hall–Kier alpha value is -3.91. The van der Waals surface area contributed by atoms with E-state index < -0.39 is 48.2 Å². The fourth-order valence-electron chi connectivity index (χ4n) is 5.19. The van der Waals surface area contributed by atoms with Crippen molar-refractivity contribution in [3.8, 4) is 0 Å². The summed E-state index contributed by atoms with van der Waals surface area (Å²) in [6, 6.07) is 2.12. The number of nitrogens with zero attached hydrogens (tertiary/aromatic N) is 7. The number of fused-ring (bicyclic) bond motifs is 1. The van der Waals surface area contributed by atoms with Crippen LogP contribution >= 0.6 is 0 Å². The van der Waals surface area contributed by atoms with Crippen molar-refractivity contribution in [1.82, 2.24) is 25.2 Å². The molecule has 0 aliphatic carbocycles. The summed E-state index contributed by atoms with van der Waals surface area (Å²) in [5, 5.41) is 12.1. The summed E-state index contributed by atoms with van der Waals surface area (Å²) in [5.41, 5.74) is -0.917. The lowest BCUT2D eigenvalue weighted by molar-refractivity contribution is -0.143. The second-order valence-corrected chi connectivity index (χ2v) is 9.79. The molecule has 1 aliphatic heterocycles. The van der Waals surface area contributed by atoms with E-state index in [9.17, 15) is 31.1 Å². The van der Waals surface area contributed by atoms with Crippen molar-refractivity contribution >= 4 is 17.7 Å². The van der Waals surface area contributed by atoms with Crippen molar-refractivity contribution in [2.45, 2.75) is 71.5 Å². The number of amides is 1. The largest absolute Gasteiger partial charge is 0.449 e.